The van der Waals surface area contributed by atoms with E-state index in [1.807, 2.05) is 18.2 Å². The lowest BCUT2D eigenvalue weighted by molar-refractivity contribution is -0.151. The van der Waals surface area contributed by atoms with Crippen molar-refractivity contribution in [1.29, 1.82) is 0 Å². The third-order valence-corrected chi connectivity index (χ3v) is 6.50. The average Bonchev–Trinajstić information content (AvgIpc) is 2.92. The summed E-state index contributed by atoms with van der Waals surface area (Å²) in [5, 5.41) is 0. The van der Waals surface area contributed by atoms with Crippen LogP contribution < -0.4 is 9.64 Å². The number of morpholine rings is 1. The first kappa shape index (κ1) is 27.0. The number of hydrogen-bond donors (Lipinski definition) is 0. The Hall–Kier alpha value is -3.09. The SMILES string of the molecule is CN1CCN(c2ccc(-c3cc4nccnc4c(OC[C@@H]4CN(C(=O)C(F)F)CCO4)n3)cc2)CC1.S. The summed E-state index contributed by atoms with van der Waals surface area (Å²) in [6.45, 7) is 4.41. The Morgan fingerprint density at radius 2 is 1.84 bits per heavy atom. The number of carbonyl (C=O) groups excluding carboxylic acids is 1. The van der Waals surface area contributed by atoms with E-state index in [1.165, 1.54) is 5.69 Å². The molecule has 5 rings (SSSR count). The average molecular weight is 533 g/mol. The Morgan fingerprint density at radius 3 is 2.57 bits per heavy atom. The van der Waals surface area contributed by atoms with Gasteiger partial charge in [0.1, 0.15) is 12.7 Å². The van der Waals surface area contributed by atoms with Gasteiger partial charge in [0, 0.05) is 56.4 Å². The minimum atomic E-state index is -3.04. The monoisotopic (exact) mass is 532 g/mol. The predicted octanol–water partition coefficient (Wildman–Crippen LogP) is 2.43. The van der Waals surface area contributed by atoms with Crippen molar-refractivity contribution in [2.45, 2.75) is 12.5 Å². The fourth-order valence-corrected chi connectivity index (χ4v) is 4.43. The molecule has 0 aliphatic carbocycles. The van der Waals surface area contributed by atoms with Crippen molar-refractivity contribution in [2.75, 3.05) is 64.4 Å². The number of ether oxygens (including phenoxy) is 2. The van der Waals surface area contributed by atoms with E-state index < -0.39 is 18.4 Å². The second-order valence-corrected chi connectivity index (χ2v) is 8.96. The summed E-state index contributed by atoms with van der Waals surface area (Å²) in [6.07, 6.45) is -0.433. The smallest absolute Gasteiger partial charge is 0.315 e. The van der Waals surface area contributed by atoms with E-state index in [2.05, 4.69) is 43.9 Å². The lowest BCUT2D eigenvalue weighted by Crippen LogP contribution is -2.49. The number of hydrogen-bond acceptors (Lipinski definition) is 8. The summed E-state index contributed by atoms with van der Waals surface area (Å²) in [6, 6.07) is 10.1. The molecule has 0 N–H and O–H groups in total. The van der Waals surface area contributed by atoms with Crippen LogP contribution in [0.2, 0.25) is 0 Å². The number of carbonyl (C=O) groups is 1. The molecule has 4 heterocycles. The quantitative estimate of drug-likeness (QED) is 0.479. The molecule has 2 aliphatic rings. The maximum atomic E-state index is 12.8. The maximum absolute atomic E-state index is 12.8. The summed E-state index contributed by atoms with van der Waals surface area (Å²) in [4.78, 5) is 30.9. The van der Waals surface area contributed by atoms with Crippen molar-refractivity contribution in [2.24, 2.45) is 0 Å². The zero-order chi connectivity index (χ0) is 25.1. The van der Waals surface area contributed by atoms with Gasteiger partial charge in [0.25, 0.3) is 5.91 Å². The highest BCUT2D eigenvalue weighted by Crippen LogP contribution is 2.29. The Labute approximate surface area is 220 Å². The molecule has 198 valence electrons. The second kappa shape index (κ2) is 12.0. The molecule has 0 unspecified atom stereocenters. The maximum Gasteiger partial charge on any atom is 0.315 e. The number of piperazine rings is 1. The Balaban J connectivity index is 0.00000320. The number of rotatable bonds is 6. The number of alkyl halides is 2. The van der Waals surface area contributed by atoms with E-state index in [-0.39, 0.29) is 45.7 Å². The van der Waals surface area contributed by atoms with Gasteiger partial charge in [-0.05, 0) is 25.2 Å². The highest BCUT2D eigenvalue weighted by atomic mass is 32.1. The number of likely N-dealkylation sites (N-methyl/N-ethyl adjacent to an activating group) is 1. The Bertz CT molecular complexity index is 1210. The van der Waals surface area contributed by atoms with Crippen molar-refractivity contribution in [3.63, 3.8) is 0 Å². The third-order valence-electron chi connectivity index (χ3n) is 6.50. The fraction of sp³-hybridized carbons (Fsp3) is 0.440. The molecule has 2 fully saturated rings. The molecule has 1 atom stereocenters. The summed E-state index contributed by atoms with van der Waals surface area (Å²) in [5.41, 5.74) is 3.88. The van der Waals surface area contributed by atoms with Gasteiger partial charge in [0.2, 0.25) is 5.88 Å². The molecular weight excluding hydrogens is 502 g/mol. The van der Waals surface area contributed by atoms with Gasteiger partial charge in [-0.15, -0.1) is 0 Å². The highest BCUT2D eigenvalue weighted by molar-refractivity contribution is 7.59. The number of pyridine rings is 1. The van der Waals surface area contributed by atoms with Gasteiger partial charge < -0.3 is 24.2 Å². The first-order chi connectivity index (χ1) is 17.5. The molecule has 0 saturated carbocycles. The molecule has 12 heteroatoms. The van der Waals surface area contributed by atoms with Crippen LogP contribution in [-0.4, -0.2) is 103 Å². The first-order valence-electron chi connectivity index (χ1n) is 11.9. The number of halogens is 2. The van der Waals surface area contributed by atoms with Crippen molar-refractivity contribution < 1.29 is 23.0 Å². The third kappa shape index (κ3) is 6.25. The lowest BCUT2D eigenvalue weighted by atomic mass is 10.1. The number of anilines is 1. The normalized spacial score (nSPS) is 18.6. The summed E-state index contributed by atoms with van der Waals surface area (Å²) < 4.78 is 37.2. The second-order valence-electron chi connectivity index (χ2n) is 8.96. The van der Waals surface area contributed by atoms with Gasteiger partial charge in [-0.25, -0.2) is 9.97 Å². The van der Waals surface area contributed by atoms with E-state index in [1.54, 1.807) is 12.4 Å². The van der Waals surface area contributed by atoms with Crippen molar-refractivity contribution in [3.05, 3.63) is 42.7 Å². The molecule has 0 bridgehead atoms. The van der Waals surface area contributed by atoms with Crippen molar-refractivity contribution in [1.82, 2.24) is 24.8 Å². The first-order valence-corrected chi connectivity index (χ1v) is 11.9. The largest absolute Gasteiger partial charge is 0.473 e. The molecule has 2 saturated heterocycles. The van der Waals surface area contributed by atoms with Crippen molar-refractivity contribution in [3.8, 4) is 17.1 Å². The Kier molecular flexibility index (Phi) is 8.72. The van der Waals surface area contributed by atoms with Gasteiger partial charge in [0.05, 0.1) is 24.4 Å². The number of benzene rings is 1. The zero-order valence-electron chi connectivity index (χ0n) is 20.5. The standard InChI is InChI=1S/C25H28F2N6O3.H2S/c1-31-8-10-32(11-9-31)18-4-2-17(3-5-18)20-14-21-22(29-7-6-28-21)24(30-20)36-16-19-15-33(12-13-35-19)25(34)23(26)27;/h2-7,14,19,23H,8-13,15-16H2,1H3;1H2/t19-;/m0./s1. The number of fused-ring (bicyclic) bond motifs is 1. The lowest BCUT2D eigenvalue weighted by Gasteiger charge is -2.34. The van der Waals surface area contributed by atoms with Crippen molar-refractivity contribution >= 4 is 36.1 Å². The minimum absolute atomic E-state index is 0. The summed E-state index contributed by atoms with van der Waals surface area (Å²) in [7, 11) is 2.13. The fourth-order valence-electron chi connectivity index (χ4n) is 4.43. The van der Waals surface area contributed by atoms with Gasteiger partial charge in [-0.2, -0.15) is 22.3 Å². The van der Waals surface area contributed by atoms with Gasteiger partial charge in [-0.3, -0.25) is 9.78 Å². The number of amides is 1. The van der Waals surface area contributed by atoms with Crippen LogP contribution in [0, 0.1) is 0 Å². The molecule has 1 amide bonds. The van der Waals surface area contributed by atoms with Gasteiger partial charge in [-0.1, -0.05) is 12.1 Å². The van der Waals surface area contributed by atoms with E-state index in [9.17, 15) is 13.6 Å². The van der Waals surface area contributed by atoms with E-state index in [0.717, 1.165) is 36.6 Å². The van der Waals surface area contributed by atoms with Crippen LogP contribution in [0.5, 0.6) is 5.88 Å². The minimum Gasteiger partial charge on any atom is -0.473 e. The molecule has 1 aromatic carbocycles. The highest BCUT2D eigenvalue weighted by Gasteiger charge is 2.30. The molecule has 9 nitrogen and oxygen atoms in total. The predicted molar refractivity (Wildman–Crippen MR) is 141 cm³/mol. The molecular formula is C25H30F2N6O3S. The molecule has 0 spiro atoms. The van der Waals surface area contributed by atoms with Crippen LogP contribution in [0.4, 0.5) is 14.5 Å². The molecule has 2 aliphatic heterocycles. The van der Waals surface area contributed by atoms with Crippen LogP contribution in [0.1, 0.15) is 0 Å². The van der Waals surface area contributed by atoms with Crippen LogP contribution >= 0.6 is 13.5 Å². The van der Waals surface area contributed by atoms with E-state index in [0.29, 0.717) is 16.7 Å². The molecule has 2 aromatic heterocycles. The van der Waals surface area contributed by atoms with Gasteiger partial charge >= 0.3 is 6.43 Å². The van der Waals surface area contributed by atoms with Crippen LogP contribution in [0.3, 0.4) is 0 Å². The number of aromatic nitrogens is 3. The molecule has 37 heavy (non-hydrogen) atoms. The van der Waals surface area contributed by atoms with Crippen LogP contribution in [0.25, 0.3) is 22.3 Å². The molecule has 3 aromatic rings. The zero-order valence-corrected chi connectivity index (χ0v) is 21.5. The molecule has 0 radical (unpaired) electrons. The van der Waals surface area contributed by atoms with Crippen LogP contribution in [-0.2, 0) is 9.53 Å². The van der Waals surface area contributed by atoms with Gasteiger partial charge in [0.15, 0.2) is 5.52 Å². The number of nitrogens with zero attached hydrogens (tertiary/aromatic N) is 6. The van der Waals surface area contributed by atoms with E-state index >= 15 is 0 Å². The topological polar surface area (TPSA) is 83.9 Å². The summed E-state index contributed by atoms with van der Waals surface area (Å²) >= 11 is 0. The summed E-state index contributed by atoms with van der Waals surface area (Å²) in [5.74, 6) is -0.917. The van der Waals surface area contributed by atoms with E-state index in [4.69, 9.17) is 9.47 Å². The Morgan fingerprint density at radius 1 is 1.11 bits per heavy atom. The van der Waals surface area contributed by atoms with Crippen LogP contribution in [0.15, 0.2) is 42.7 Å².